The highest BCUT2D eigenvalue weighted by Crippen LogP contribution is 2.26. The van der Waals surface area contributed by atoms with Crippen molar-refractivity contribution in [1.82, 2.24) is 20.2 Å². The summed E-state index contributed by atoms with van der Waals surface area (Å²) in [4.78, 5) is 8.44. The molecule has 0 saturated carbocycles. The Labute approximate surface area is 88.6 Å². The van der Waals surface area contributed by atoms with Crippen LogP contribution in [0.2, 0.25) is 0 Å². The molecule has 0 saturated heterocycles. The van der Waals surface area contributed by atoms with Gasteiger partial charge in [-0.25, -0.2) is 0 Å². The Bertz CT molecular complexity index is 464. The average Bonchev–Trinajstić information content (AvgIpc) is 2.59. The Hall–Kier alpha value is -1.37. The van der Waals surface area contributed by atoms with E-state index < -0.39 is 0 Å². The number of halogens is 1. The number of aromatic amines is 1. The molecule has 2 aromatic heterocycles. The number of nitrogens with one attached hydrogen (secondary N) is 3. The number of hydrogen-bond acceptors (Lipinski definition) is 5. The quantitative estimate of drug-likeness (QED) is 0.753. The minimum Gasteiger partial charge on any atom is -0.372 e. The van der Waals surface area contributed by atoms with Crippen LogP contribution in [0.4, 0.5) is 11.8 Å². The van der Waals surface area contributed by atoms with Crippen molar-refractivity contribution < 1.29 is 0 Å². The van der Waals surface area contributed by atoms with E-state index in [1.165, 1.54) is 0 Å². The van der Waals surface area contributed by atoms with Gasteiger partial charge in [0.1, 0.15) is 10.4 Å². The number of fused-ring (bicyclic) bond motifs is 1. The molecule has 2 heterocycles. The molecule has 0 unspecified atom stereocenters. The molecular formula is C7H9BrN6. The van der Waals surface area contributed by atoms with Crippen molar-refractivity contribution in [3.05, 3.63) is 4.60 Å². The van der Waals surface area contributed by atoms with Gasteiger partial charge in [0, 0.05) is 14.1 Å². The van der Waals surface area contributed by atoms with Gasteiger partial charge in [0.05, 0.1) is 5.39 Å². The molecule has 0 spiro atoms. The van der Waals surface area contributed by atoms with E-state index in [-0.39, 0.29) is 0 Å². The molecule has 0 amide bonds. The van der Waals surface area contributed by atoms with Gasteiger partial charge in [0.15, 0.2) is 5.65 Å². The van der Waals surface area contributed by atoms with Crippen LogP contribution in [0.3, 0.4) is 0 Å². The first-order chi connectivity index (χ1) is 6.76. The lowest BCUT2D eigenvalue weighted by molar-refractivity contribution is 1.07. The minimum atomic E-state index is 0.542. The van der Waals surface area contributed by atoms with Crippen molar-refractivity contribution >= 4 is 38.7 Å². The zero-order chi connectivity index (χ0) is 10.1. The molecule has 14 heavy (non-hydrogen) atoms. The fourth-order valence-electron chi connectivity index (χ4n) is 1.18. The van der Waals surface area contributed by atoms with Crippen molar-refractivity contribution in [1.29, 1.82) is 0 Å². The molecule has 74 valence electrons. The number of nitrogens with zero attached hydrogens (tertiary/aromatic N) is 3. The fraction of sp³-hybridized carbons (Fsp3) is 0.286. The van der Waals surface area contributed by atoms with Gasteiger partial charge in [-0.1, -0.05) is 0 Å². The SMILES string of the molecule is CNc1nc(NC)c2c(Br)[nH]nc2n1. The standard InChI is InChI=1S/C7H9BrN6/c1-9-5-3-4(8)13-14-6(3)12-7(10-2)11-5/h1-2H3,(H3,9,10,11,12,13,14). The van der Waals surface area contributed by atoms with E-state index in [9.17, 15) is 0 Å². The normalized spacial score (nSPS) is 10.5. The molecule has 0 aromatic carbocycles. The molecule has 7 heteroatoms. The van der Waals surface area contributed by atoms with Crippen molar-refractivity contribution in [3.63, 3.8) is 0 Å². The summed E-state index contributed by atoms with van der Waals surface area (Å²) in [5.41, 5.74) is 0.626. The van der Waals surface area contributed by atoms with Crippen LogP contribution in [0.15, 0.2) is 4.60 Å². The Morgan fingerprint density at radius 1 is 1.21 bits per heavy atom. The fourth-order valence-corrected chi connectivity index (χ4v) is 1.64. The number of hydrogen-bond donors (Lipinski definition) is 3. The maximum atomic E-state index is 4.25. The summed E-state index contributed by atoms with van der Waals surface area (Å²) in [6.07, 6.45) is 0. The molecule has 0 aliphatic carbocycles. The van der Waals surface area contributed by atoms with E-state index in [4.69, 9.17) is 0 Å². The third-order valence-electron chi connectivity index (χ3n) is 1.83. The Morgan fingerprint density at radius 2 is 2.00 bits per heavy atom. The highest BCUT2D eigenvalue weighted by Gasteiger charge is 2.11. The summed E-state index contributed by atoms with van der Waals surface area (Å²) >= 11 is 3.35. The lowest BCUT2D eigenvalue weighted by Crippen LogP contribution is -2.01. The van der Waals surface area contributed by atoms with Gasteiger partial charge in [-0.15, -0.1) is 0 Å². The average molecular weight is 257 g/mol. The van der Waals surface area contributed by atoms with Crippen LogP contribution >= 0.6 is 15.9 Å². The van der Waals surface area contributed by atoms with E-state index in [0.717, 1.165) is 15.8 Å². The van der Waals surface area contributed by atoms with Gasteiger partial charge in [-0.3, -0.25) is 5.10 Å². The van der Waals surface area contributed by atoms with Crippen molar-refractivity contribution in [2.45, 2.75) is 0 Å². The third kappa shape index (κ3) is 1.29. The van der Waals surface area contributed by atoms with Crippen LogP contribution in [0.5, 0.6) is 0 Å². The van der Waals surface area contributed by atoms with Crippen LogP contribution < -0.4 is 10.6 Å². The molecule has 0 atom stereocenters. The summed E-state index contributed by atoms with van der Waals surface area (Å²) in [6.45, 7) is 0. The molecular weight excluding hydrogens is 248 g/mol. The zero-order valence-electron chi connectivity index (χ0n) is 7.72. The summed E-state index contributed by atoms with van der Waals surface area (Å²) < 4.78 is 0.777. The van der Waals surface area contributed by atoms with E-state index in [2.05, 4.69) is 46.7 Å². The van der Waals surface area contributed by atoms with E-state index >= 15 is 0 Å². The van der Waals surface area contributed by atoms with Gasteiger partial charge in [-0.2, -0.15) is 15.1 Å². The lowest BCUT2D eigenvalue weighted by atomic mass is 10.4. The first-order valence-electron chi connectivity index (χ1n) is 4.03. The third-order valence-corrected chi connectivity index (χ3v) is 2.40. The summed E-state index contributed by atoms with van der Waals surface area (Å²) in [5, 5.41) is 13.5. The zero-order valence-corrected chi connectivity index (χ0v) is 9.31. The summed E-state index contributed by atoms with van der Waals surface area (Å²) in [6, 6.07) is 0. The van der Waals surface area contributed by atoms with Crippen LogP contribution in [-0.4, -0.2) is 34.3 Å². The first kappa shape index (κ1) is 9.20. The van der Waals surface area contributed by atoms with Crippen LogP contribution in [0.1, 0.15) is 0 Å². The molecule has 2 rings (SSSR count). The Morgan fingerprint density at radius 3 is 2.64 bits per heavy atom. The predicted molar refractivity (Wildman–Crippen MR) is 58.5 cm³/mol. The van der Waals surface area contributed by atoms with E-state index in [1.807, 2.05) is 0 Å². The van der Waals surface area contributed by atoms with E-state index in [1.54, 1.807) is 14.1 Å². The predicted octanol–water partition coefficient (Wildman–Crippen LogP) is 1.20. The Balaban J connectivity index is 2.76. The second-order valence-corrected chi connectivity index (χ2v) is 3.43. The number of H-pyrrole nitrogens is 1. The first-order valence-corrected chi connectivity index (χ1v) is 4.82. The Kier molecular flexibility index (Phi) is 2.24. The molecule has 0 bridgehead atoms. The molecule has 0 aliphatic rings. The summed E-state index contributed by atoms with van der Waals surface area (Å²) in [5.74, 6) is 1.28. The number of anilines is 2. The van der Waals surface area contributed by atoms with Crippen molar-refractivity contribution in [2.75, 3.05) is 24.7 Å². The van der Waals surface area contributed by atoms with Gasteiger partial charge in [-0.05, 0) is 15.9 Å². The second kappa shape index (κ2) is 3.41. The highest BCUT2D eigenvalue weighted by molar-refractivity contribution is 9.10. The molecule has 0 aliphatic heterocycles. The molecule has 2 aromatic rings. The summed E-state index contributed by atoms with van der Waals surface area (Å²) in [7, 11) is 3.57. The van der Waals surface area contributed by atoms with Crippen LogP contribution in [0.25, 0.3) is 11.0 Å². The number of rotatable bonds is 2. The second-order valence-electron chi connectivity index (χ2n) is 2.63. The largest absolute Gasteiger partial charge is 0.372 e. The van der Waals surface area contributed by atoms with Crippen LogP contribution in [-0.2, 0) is 0 Å². The van der Waals surface area contributed by atoms with E-state index in [0.29, 0.717) is 11.6 Å². The monoisotopic (exact) mass is 256 g/mol. The lowest BCUT2D eigenvalue weighted by Gasteiger charge is -2.03. The minimum absolute atomic E-state index is 0.542. The molecule has 3 N–H and O–H groups in total. The van der Waals surface area contributed by atoms with Gasteiger partial charge < -0.3 is 10.6 Å². The van der Waals surface area contributed by atoms with Gasteiger partial charge in [0.25, 0.3) is 0 Å². The van der Waals surface area contributed by atoms with Crippen LogP contribution in [0, 0.1) is 0 Å². The maximum absolute atomic E-state index is 4.25. The molecule has 0 fully saturated rings. The molecule has 6 nitrogen and oxygen atoms in total. The number of aromatic nitrogens is 4. The molecule has 0 radical (unpaired) electrons. The smallest absolute Gasteiger partial charge is 0.226 e. The highest BCUT2D eigenvalue weighted by atomic mass is 79.9. The maximum Gasteiger partial charge on any atom is 0.226 e. The topological polar surface area (TPSA) is 78.5 Å². The van der Waals surface area contributed by atoms with Gasteiger partial charge >= 0.3 is 0 Å². The van der Waals surface area contributed by atoms with Crippen molar-refractivity contribution in [2.24, 2.45) is 0 Å². The van der Waals surface area contributed by atoms with Crippen molar-refractivity contribution in [3.8, 4) is 0 Å². The van der Waals surface area contributed by atoms with Gasteiger partial charge in [0.2, 0.25) is 5.95 Å².